The van der Waals surface area contributed by atoms with E-state index < -0.39 is 54.0 Å². The number of esters is 2. The molecule has 1 saturated heterocycles. The molecule has 2 aromatic rings. The van der Waals surface area contributed by atoms with Crippen LogP contribution >= 0.6 is 11.3 Å². The molecule has 0 saturated carbocycles. The van der Waals surface area contributed by atoms with Gasteiger partial charge in [-0.2, -0.15) is 0 Å². The number of carbonyl (C=O) groups excluding carboxylic acids is 7. The molecule has 1 unspecified atom stereocenters. The second-order valence-corrected chi connectivity index (χ2v) is 18.6. The van der Waals surface area contributed by atoms with Gasteiger partial charge in [0.15, 0.2) is 24.4 Å². The Hall–Kier alpha value is -4.90. The van der Waals surface area contributed by atoms with Gasteiger partial charge in [0.2, 0.25) is 5.91 Å². The average Bonchev–Trinajstić information content (AvgIpc) is 3.77. The lowest BCUT2D eigenvalue weighted by Gasteiger charge is -2.39. The van der Waals surface area contributed by atoms with E-state index in [9.17, 15) is 38.7 Å². The predicted octanol–water partition coefficient (Wildman–Crippen LogP) is 7.18. The number of phenols is 1. The van der Waals surface area contributed by atoms with Crippen molar-refractivity contribution >= 4 is 52.7 Å². The molecule has 3 rings (SSSR count). The molecule has 65 heavy (non-hydrogen) atoms. The number of carbonyl (C=O) groups is 7. The summed E-state index contributed by atoms with van der Waals surface area (Å²) in [5.74, 6) is -3.79. The minimum atomic E-state index is -1.00. The summed E-state index contributed by atoms with van der Waals surface area (Å²) >= 11 is 1.11. The Balaban J connectivity index is 1.93. The number of amides is 3. The van der Waals surface area contributed by atoms with E-state index in [4.69, 9.17) is 14.2 Å². The Bertz CT molecular complexity index is 1870. The first-order chi connectivity index (χ1) is 30.9. The quantitative estimate of drug-likeness (QED) is 0.0461. The zero-order valence-corrected chi connectivity index (χ0v) is 40.7. The summed E-state index contributed by atoms with van der Waals surface area (Å²) in [5.41, 5.74) is 0.839. The first-order valence-corrected chi connectivity index (χ1v) is 24.1. The van der Waals surface area contributed by atoms with Gasteiger partial charge in [0.1, 0.15) is 16.5 Å². The van der Waals surface area contributed by atoms with Crippen molar-refractivity contribution in [2.45, 2.75) is 150 Å². The number of hydrogen-bond acceptors (Lipinski definition) is 14. The highest BCUT2D eigenvalue weighted by atomic mass is 32.1. The van der Waals surface area contributed by atoms with E-state index in [1.165, 1.54) is 24.0 Å². The summed E-state index contributed by atoms with van der Waals surface area (Å²) in [5, 5.41) is 17.2. The number of nitrogens with one attached hydrogen (secondary N) is 2. The second kappa shape index (κ2) is 27.5. The molecule has 7 atom stereocenters. The summed E-state index contributed by atoms with van der Waals surface area (Å²) in [7, 11) is 1.94. The van der Waals surface area contributed by atoms with Crippen molar-refractivity contribution in [3.63, 3.8) is 0 Å². The van der Waals surface area contributed by atoms with Crippen LogP contribution in [0.5, 0.6) is 5.75 Å². The maximum absolute atomic E-state index is 14.9. The highest BCUT2D eigenvalue weighted by molar-refractivity contribution is 7.09. The van der Waals surface area contributed by atoms with Crippen molar-refractivity contribution in [1.82, 2.24) is 25.4 Å². The van der Waals surface area contributed by atoms with Crippen molar-refractivity contribution in [2.75, 3.05) is 33.5 Å². The van der Waals surface area contributed by atoms with Crippen molar-refractivity contribution in [3.8, 4) is 5.75 Å². The number of aromatic nitrogens is 1. The first kappa shape index (κ1) is 54.4. The van der Waals surface area contributed by atoms with Crippen LogP contribution in [0.4, 0.5) is 4.79 Å². The van der Waals surface area contributed by atoms with Crippen molar-refractivity contribution in [1.29, 1.82) is 0 Å². The van der Waals surface area contributed by atoms with Gasteiger partial charge in [-0.15, -0.1) is 11.3 Å². The van der Waals surface area contributed by atoms with Gasteiger partial charge in [0.05, 0.1) is 19.2 Å². The average molecular weight is 928 g/mol. The van der Waals surface area contributed by atoms with Crippen LogP contribution in [0.2, 0.25) is 0 Å². The third-order valence-electron chi connectivity index (χ3n) is 12.1. The van der Waals surface area contributed by atoms with Gasteiger partial charge < -0.3 is 34.9 Å². The summed E-state index contributed by atoms with van der Waals surface area (Å²) in [6.07, 6.45) is 3.60. The number of Topliss-reactive ketones (excluding diaryl/α,β-unsaturated/α-hetero) is 2. The Labute approximate surface area is 388 Å². The van der Waals surface area contributed by atoms with Gasteiger partial charge in [-0.1, -0.05) is 73.4 Å². The summed E-state index contributed by atoms with van der Waals surface area (Å²) < 4.78 is 16.6. The number of ether oxygens (including phenoxy) is 3. The lowest BCUT2D eigenvalue weighted by atomic mass is 9.82. The molecule has 17 heteroatoms. The normalized spacial score (nSPS) is 16.9. The van der Waals surface area contributed by atoms with E-state index in [-0.39, 0.29) is 92.4 Å². The first-order valence-electron chi connectivity index (χ1n) is 23.2. The Morgan fingerprint density at radius 1 is 0.969 bits per heavy atom. The Morgan fingerprint density at radius 2 is 1.68 bits per heavy atom. The monoisotopic (exact) mass is 928 g/mol. The SMILES string of the molecule is CCCOC(=O)NCC(=O)[C@@H](C)C[C@H](Cc1ccc(O)cc1)NC(=O)c1csc([C@@H](C[C@H](C(C)C)N(COC(=O)CCC)C(=O)[C@@H](CC(=O)[C@H]2CCCCN2C)C(C)CC)OC(C)=O)n1. The van der Waals surface area contributed by atoms with E-state index in [2.05, 4.69) is 20.5 Å². The number of phenolic OH excluding ortho intramolecular Hbond substituents is 1. The van der Waals surface area contributed by atoms with Crippen LogP contribution in [0.25, 0.3) is 0 Å². The van der Waals surface area contributed by atoms with Crippen LogP contribution in [-0.2, 0) is 44.6 Å². The smallest absolute Gasteiger partial charge is 0.407 e. The van der Waals surface area contributed by atoms with Gasteiger partial charge in [0, 0.05) is 55.5 Å². The van der Waals surface area contributed by atoms with Gasteiger partial charge in [-0.25, -0.2) is 9.78 Å². The molecule has 0 aliphatic carbocycles. The number of aromatic hydroxyl groups is 1. The second-order valence-electron chi connectivity index (χ2n) is 17.7. The van der Waals surface area contributed by atoms with Gasteiger partial charge in [-0.3, -0.25) is 33.7 Å². The minimum Gasteiger partial charge on any atom is -0.508 e. The molecule has 1 aliphatic rings. The van der Waals surface area contributed by atoms with Gasteiger partial charge in [0.25, 0.3) is 5.91 Å². The number of thiazole rings is 1. The van der Waals surface area contributed by atoms with E-state index in [1.807, 2.05) is 48.6 Å². The largest absolute Gasteiger partial charge is 0.508 e. The number of rotatable bonds is 27. The molecule has 1 aromatic heterocycles. The van der Waals surface area contributed by atoms with Crippen LogP contribution in [-0.4, -0.2) is 113 Å². The van der Waals surface area contributed by atoms with Gasteiger partial charge >= 0.3 is 18.0 Å². The lowest BCUT2D eigenvalue weighted by Crippen LogP contribution is -2.50. The van der Waals surface area contributed by atoms with Crippen LogP contribution in [0.3, 0.4) is 0 Å². The molecule has 0 spiro atoms. The fourth-order valence-corrected chi connectivity index (χ4v) is 8.87. The molecular formula is C48H73N5O11S. The third kappa shape index (κ3) is 17.8. The van der Waals surface area contributed by atoms with Crippen molar-refractivity contribution < 1.29 is 52.9 Å². The maximum atomic E-state index is 14.9. The fraction of sp³-hybridized carbons (Fsp3) is 0.667. The maximum Gasteiger partial charge on any atom is 0.407 e. The number of alkyl carbamates (subject to hydrolysis) is 1. The third-order valence-corrected chi connectivity index (χ3v) is 13.0. The van der Waals surface area contributed by atoms with Crippen LogP contribution in [0.1, 0.15) is 147 Å². The van der Waals surface area contributed by atoms with Crippen LogP contribution in [0.15, 0.2) is 29.6 Å². The number of piperidine rings is 1. The minimum absolute atomic E-state index is 0.00835. The molecule has 16 nitrogen and oxygen atoms in total. The number of benzene rings is 1. The number of hydrogen-bond donors (Lipinski definition) is 3. The zero-order valence-electron chi connectivity index (χ0n) is 39.9. The molecule has 1 aliphatic heterocycles. The van der Waals surface area contributed by atoms with Crippen molar-refractivity contribution in [3.05, 3.63) is 45.9 Å². The van der Waals surface area contributed by atoms with Crippen LogP contribution < -0.4 is 10.6 Å². The summed E-state index contributed by atoms with van der Waals surface area (Å²) in [4.78, 5) is 101. The van der Waals surface area contributed by atoms with Crippen molar-refractivity contribution in [2.24, 2.45) is 23.7 Å². The lowest BCUT2D eigenvalue weighted by molar-refractivity contribution is -0.161. The van der Waals surface area contributed by atoms with E-state index in [0.29, 0.717) is 30.7 Å². The number of nitrogens with zero attached hydrogens (tertiary/aromatic N) is 3. The number of likely N-dealkylation sites (N-methyl/N-ethyl adjacent to an activating group) is 1. The molecule has 0 bridgehead atoms. The highest BCUT2D eigenvalue weighted by Gasteiger charge is 2.40. The molecule has 0 radical (unpaired) electrons. The summed E-state index contributed by atoms with van der Waals surface area (Å²) in [6.45, 7) is 14.9. The molecule has 3 amide bonds. The Morgan fingerprint density at radius 3 is 2.29 bits per heavy atom. The highest BCUT2D eigenvalue weighted by Crippen LogP contribution is 2.34. The van der Waals surface area contributed by atoms with E-state index in [0.717, 1.165) is 42.7 Å². The summed E-state index contributed by atoms with van der Waals surface area (Å²) in [6, 6.07) is 5.01. The number of ketones is 2. The molecule has 1 fully saturated rings. The zero-order chi connectivity index (χ0) is 48.2. The molecule has 3 N–H and O–H groups in total. The molecule has 1 aromatic carbocycles. The molecule has 362 valence electrons. The van der Waals surface area contributed by atoms with E-state index >= 15 is 0 Å². The standard InChI is InChI=1S/C48H73N5O11S/c1-10-15-44(58)63-29-53(47(60)37(31(6)12-3)25-41(56)39-16-13-14-21-52(39)9)40(30(4)5)26-43(64-33(8)54)46-51-38(28-65-46)45(59)50-35(24-34-17-19-36(55)20-18-34)23-32(7)42(57)27-49-48(61)62-22-11-2/h17-20,28,30-32,35,37,39-40,43,55H,10-16,21-27,29H2,1-9H3,(H,49,61)(H,50,59)/t31?,32-,35+,37-,39+,40+,43+/m0/s1. The molecule has 2 heterocycles. The van der Waals surface area contributed by atoms with Gasteiger partial charge in [-0.05, 0) is 81.6 Å². The number of likely N-dealkylation sites (tertiary alicyclic amines) is 1. The van der Waals surface area contributed by atoms with Crippen LogP contribution in [0, 0.1) is 23.7 Å². The van der Waals surface area contributed by atoms with E-state index in [1.54, 1.807) is 24.4 Å². The Kier molecular flexibility index (Phi) is 23.1. The fourth-order valence-electron chi connectivity index (χ4n) is 8.03. The molecular weight excluding hydrogens is 855 g/mol. The topological polar surface area (TPSA) is 211 Å². The predicted molar refractivity (Wildman–Crippen MR) is 247 cm³/mol.